The van der Waals surface area contributed by atoms with Gasteiger partial charge in [-0.3, -0.25) is 0 Å². The van der Waals surface area contributed by atoms with Gasteiger partial charge in [0.15, 0.2) is 0 Å². The van der Waals surface area contributed by atoms with E-state index in [4.69, 9.17) is 21.0 Å². The summed E-state index contributed by atoms with van der Waals surface area (Å²) in [6.07, 6.45) is 1.38. The standard InChI is InChI=1S/C14H10N4O/c1-9-2-3-10(6-15)5-13(9)19-14-12(17)4-11(7-16)8-18-14/h2-5,8H,17H2,1H3. The molecule has 2 aromatic rings. The van der Waals surface area contributed by atoms with Crippen molar-refractivity contribution < 1.29 is 4.74 Å². The van der Waals surface area contributed by atoms with Gasteiger partial charge >= 0.3 is 0 Å². The van der Waals surface area contributed by atoms with E-state index in [9.17, 15) is 0 Å². The Kier molecular flexibility index (Phi) is 3.31. The van der Waals surface area contributed by atoms with Crippen molar-refractivity contribution in [2.75, 3.05) is 5.73 Å². The van der Waals surface area contributed by atoms with Crippen molar-refractivity contribution in [3.8, 4) is 23.8 Å². The third-order valence-electron chi connectivity index (χ3n) is 2.53. The molecule has 5 heteroatoms. The summed E-state index contributed by atoms with van der Waals surface area (Å²) in [7, 11) is 0. The average molecular weight is 250 g/mol. The third kappa shape index (κ3) is 2.62. The predicted octanol–water partition coefficient (Wildman–Crippen LogP) is 2.51. The minimum atomic E-state index is 0.220. The number of hydrogen-bond donors (Lipinski definition) is 1. The lowest BCUT2D eigenvalue weighted by molar-refractivity contribution is 0.462. The molecular weight excluding hydrogens is 240 g/mol. The van der Waals surface area contributed by atoms with E-state index in [1.54, 1.807) is 18.2 Å². The highest BCUT2D eigenvalue weighted by molar-refractivity contribution is 5.54. The van der Waals surface area contributed by atoms with Crippen molar-refractivity contribution >= 4 is 5.69 Å². The van der Waals surface area contributed by atoms with Crippen LogP contribution in [-0.4, -0.2) is 4.98 Å². The van der Waals surface area contributed by atoms with E-state index >= 15 is 0 Å². The minimum Gasteiger partial charge on any atom is -0.437 e. The fourth-order valence-electron chi connectivity index (χ4n) is 1.50. The number of nitrogen functional groups attached to an aromatic ring is 1. The van der Waals surface area contributed by atoms with Crippen LogP contribution in [-0.2, 0) is 0 Å². The number of ether oxygens (including phenoxy) is 1. The van der Waals surface area contributed by atoms with Crippen LogP contribution in [0.25, 0.3) is 0 Å². The molecule has 0 radical (unpaired) electrons. The molecule has 0 saturated heterocycles. The summed E-state index contributed by atoms with van der Waals surface area (Å²) in [5.41, 5.74) is 7.77. The maximum absolute atomic E-state index is 8.86. The van der Waals surface area contributed by atoms with Crippen LogP contribution in [0.4, 0.5) is 5.69 Å². The molecule has 0 atom stereocenters. The van der Waals surface area contributed by atoms with Gasteiger partial charge in [0.25, 0.3) is 0 Å². The van der Waals surface area contributed by atoms with E-state index < -0.39 is 0 Å². The van der Waals surface area contributed by atoms with Crippen LogP contribution in [0.5, 0.6) is 11.6 Å². The van der Waals surface area contributed by atoms with Crippen molar-refractivity contribution in [2.24, 2.45) is 0 Å². The maximum Gasteiger partial charge on any atom is 0.242 e. The van der Waals surface area contributed by atoms with E-state index in [0.717, 1.165) is 5.56 Å². The van der Waals surface area contributed by atoms with Gasteiger partial charge in [-0.1, -0.05) is 6.07 Å². The molecule has 0 bridgehead atoms. The number of rotatable bonds is 2. The van der Waals surface area contributed by atoms with Gasteiger partial charge in [-0.2, -0.15) is 10.5 Å². The molecule has 1 aromatic heterocycles. The molecule has 0 amide bonds. The van der Waals surface area contributed by atoms with Crippen LogP contribution in [0.1, 0.15) is 16.7 Å². The highest BCUT2D eigenvalue weighted by Crippen LogP contribution is 2.28. The second-order valence-corrected chi connectivity index (χ2v) is 3.92. The monoisotopic (exact) mass is 250 g/mol. The molecular formula is C14H10N4O. The smallest absolute Gasteiger partial charge is 0.242 e. The number of nitrogens with zero attached hydrogens (tertiary/aromatic N) is 3. The lowest BCUT2D eigenvalue weighted by atomic mass is 10.1. The molecule has 0 aliphatic carbocycles. The van der Waals surface area contributed by atoms with Crippen molar-refractivity contribution in [1.82, 2.24) is 4.98 Å². The first-order valence-corrected chi connectivity index (χ1v) is 5.48. The summed E-state index contributed by atoms with van der Waals surface area (Å²) in [5, 5.41) is 17.6. The van der Waals surface area contributed by atoms with Crippen LogP contribution in [0.15, 0.2) is 30.5 Å². The second kappa shape index (κ2) is 5.07. The van der Waals surface area contributed by atoms with Gasteiger partial charge in [0.2, 0.25) is 5.88 Å². The first-order valence-electron chi connectivity index (χ1n) is 5.48. The highest BCUT2D eigenvalue weighted by atomic mass is 16.5. The molecule has 5 nitrogen and oxygen atoms in total. The van der Waals surface area contributed by atoms with Crippen LogP contribution in [0.2, 0.25) is 0 Å². The van der Waals surface area contributed by atoms with Gasteiger partial charge in [0, 0.05) is 6.20 Å². The number of aryl methyl sites for hydroxylation is 1. The fraction of sp³-hybridized carbons (Fsp3) is 0.0714. The van der Waals surface area contributed by atoms with Gasteiger partial charge in [-0.25, -0.2) is 4.98 Å². The number of benzene rings is 1. The Bertz CT molecular complexity index is 710. The van der Waals surface area contributed by atoms with Crippen molar-refractivity contribution in [2.45, 2.75) is 6.92 Å². The van der Waals surface area contributed by atoms with Crippen molar-refractivity contribution in [1.29, 1.82) is 10.5 Å². The number of hydrogen-bond acceptors (Lipinski definition) is 5. The Morgan fingerprint density at radius 2 is 1.89 bits per heavy atom. The summed E-state index contributed by atoms with van der Waals surface area (Å²) >= 11 is 0. The maximum atomic E-state index is 8.86. The largest absolute Gasteiger partial charge is 0.437 e. The first kappa shape index (κ1) is 12.4. The molecule has 2 rings (SSSR count). The molecule has 0 aliphatic heterocycles. The van der Waals surface area contributed by atoms with E-state index in [-0.39, 0.29) is 11.6 Å². The fourth-order valence-corrected chi connectivity index (χ4v) is 1.50. The average Bonchev–Trinajstić information content (AvgIpc) is 2.43. The van der Waals surface area contributed by atoms with Gasteiger partial charge in [-0.05, 0) is 30.7 Å². The Hall–Kier alpha value is -3.05. The molecule has 0 unspecified atom stereocenters. The SMILES string of the molecule is Cc1ccc(C#N)cc1Oc1ncc(C#N)cc1N. The zero-order chi connectivity index (χ0) is 13.8. The Morgan fingerprint density at radius 1 is 1.16 bits per heavy atom. The van der Waals surface area contributed by atoms with Gasteiger partial charge < -0.3 is 10.5 Å². The molecule has 92 valence electrons. The quantitative estimate of drug-likeness (QED) is 0.883. The predicted molar refractivity (Wildman–Crippen MR) is 69.3 cm³/mol. The summed E-state index contributed by atoms with van der Waals surface area (Å²) in [6, 6.07) is 10.6. The van der Waals surface area contributed by atoms with Gasteiger partial charge in [0.05, 0.1) is 22.9 Å². The molecule has 2 N–H and O–H groups in total. The molecule has 0 saturated carbocycles. The Labute approximate surface area is 110 Å². The summed E-state index contributed by atoms with van der Waals surface area (Å²) < 4.78 is 5.59. The second-order valence-electron chi connectivity index (χ2n) is 3.92. The number of nitrogens with two attached hydrogens (primary N) is 1. The Morgan fingerprint density at radius 3 is 2.53 bits per heavy atom. The minimum absolute atomic E-state index is 0.220. The summed E-state index contributed by atoms with van der Waals surface area (Å²) in [4.78, 5) is 3.99. The van der Waals surface area contributed by atoms with E-state index in [1.165, 1.54) is 12.3 Å². The van der Waals surface area contributed by atoms with Crippen LogP contribution in [0.3, 0.4) is 0 Å². The van der Waals surface area contributed by atoms with E-state index in [1.807, 2.05) is 19.1 Å². The molecule has 19 heavy (non-hydrogen) atoms. The topological polar surface area (TPSA) is 95.7 Å². The molecule has 0 spiro atoms. The lowest BCUT2D eigenvalue weighted by Gasteiger charge is -2.09. The van der Waals surface area contributed by atoms with Gasteiger partial charge in [0.1, 0.15) is 11.8 Å². The first-order chi connectivity index (χ1) is 9.13. The van der Waals surface area contributed by atoms with E-state index in [0.29, 0.717) is 16.9 Å². The van der Waals surface area contributed by atoms with Crippen molar-refractivity contribution in [3.05, 3.63) is 47.2 Å². The van der Waals surface area contributed by atoms with Crippen LogP contribution in [0, 0.1) is 29.6 Å². The lowest BCUT2D eigenvalue weighted by Crippen LogP contribution is -1.97. The normalized spacial score (nSPS) is 9.42. The molecule has 0 aliphatic rings. The van der Waals surface area contributed by atoms with E-state index in [2.05, 4.69) is 4.98 Å². The summed E-state index contributed by atoms with van der Waals surface area (Å²) in [6.45, 7) is 1.86. The summed E-state index contributed by atoms with van der Waals surface area (Å²) in [5.74, 6) is 0.736. The van der Waals surface area contributed by atoms with Crippen LogP contribution >= 0.6 is 0 Å². The number of aromatic nitrogens is 1. The molecule has 0 fully saturated rings. The number of pyridine rings is 1. The zero-order valence-electron chi connectivity index (χ0n) is 10.2. The zero-order valence-corrected chi connectivity index (χ0v) is 10.2. The molecule has 1 heterocycles. The van der Waals surface area contributed by atoms with Gasteiger partial charge in [-0.15, -0.1) is 0 Å². The van der Waals surface area contributed by atoms with Crippen molar-refractivity contribution in [3.63, 3.8) is 0 Å². The number of anilines is 1. The van der Waals surface area contributed by atoms with Crippen LogP contribution < -0.4 is 10.5 Å². The number of nitriles is 2. The highest BCUT2D eigenvalue weighted by Gasteiger charge is 2.08. The third-order valence-corrected chi connectivity index (χ3v) is 2.53. The Balaban J connectivity index is 2.37. The molecule has 1 aromatic carbocycles.